The molecule has 0 bridgehead atoms. The van der Waals surface area contributed by atoms with Gasteiger partial charge in [0.05, 0.1) is 12.1 Å². The Morgan fingerprint density at radius 3 is 2.67 bits per heavy atom. The molecule has 138 valence electrons. The number of esters is 1. The molecule has 1 aliphatic rings. The molecule has 4 nitrogen and oxygen atoms in total. The number of aromatic nitrogens is 1. The van der Waals surface area contributed by atoms with Crippen LogP contribution in [0.1, 0.15) is 35.6 Å². The summed E-state index contributed by atoms with van der Waals surface area (Å²) in [6, 6.07) is 18.3. The molecule has 4 heteroatoms. The zero-order chi connectivity index (χ0) is 18.6. The van der Waals surface area contributed by atoms with Gasteiger partial charge in [-0.1, -0.05) is 54.6 Å². The second-order valence-corrected chi connectivity index (χ2v) is 7.01. The topological polar surface area (TPSA) is 52.3 Å². The van der Waals surface area contributed by atoms with E-state index in [-0.39, 0.29) is 18.5 Å². The summed E-state index contributed by atoms with van der Waals surface area (Å²) in [4.78, 5) is 16.7. The molecule has 0 saturated carbocycles. The minimum absolute atomic E-state index is 0.0291. The molecule has 0 spiro atoms. The highest BCUT2D eigenvalue weighted by Crippen LogP contribution is 2.25. The summed E-state index contributed by atoms with van der Waals surface area (Å²) < 4.78 is 11.6. The zero-order valence-electron chi connectivity index (χ0n) is 15.5. The Morgan fingerprint density at radius 2 is 1.85 bits per heavy atom. The summed E-state index contributed by atoms with van der Waals surface area (Å²) in [6.07, 6.45) is 3.37. The minimum atomic E-state index is -0.184. The molecule has 2 aromatic carbocycles. The third kappa shape index (κ3) is 4.11. The van der Waals surface area contributed by atoms with E-state index in [1.54, 1.807) is 0 Å². The molecular formula is C23H23NO3. The van der Waals surface area contributed by atoms with Gasteiger partial charge in [0, 0.05) is 18.4 Å². The normalized spacial score (nSPS) is 16.0. The number of rotatable bonds is 5. The molecule has 1 aromatic heterocycles. The van der Waals surface area contributed by atoms with Gasteiger partial charge in [-0.25, -0.2) is 4.98 Å². The van der Waals surface area contributed by atoms with Crippen LogP contribution in [0, 0.1) is 6.92 Å². The molecule has 27 heavy (non-hydrogen) atoms. The maximum Gasteiger partial charge on any atom is 0.306 e. The van der Waals surface area contributed by atoms with Crippen LogP contribution in [0.5, 0.6) is 0 Å². The number of carbonyl (C=O) groups excluding carboxylic acids is 1. The molecule has 0 radical (unpaired) electrons. The largest absolute Gasteiger partial charge is 0.462 e. The van der Waals surface area contributed by atoms with E-state index >= 15 is 0 Å². The van der Waals surface area contributed by atoms with Crippen molar-refractivity contribution < 1.29 is 13.9 Å². The van der Waals surface area contributed by atoms with Gasteiger partial charge in [-0.05, 0) is 30.9 Å². The third-order valence-corrected chi connectivity index (χ3v) is 5.02. The van der Waals surface area contributed by atoms with E-state index in [1.165, 1.54) is 11.1 Å². The van der Waals surface area contributed by atoms with E-state index in [9.17, 15) is 4.79 Å². The predicted octanol–water partition coefficient (Wildman–Crippen LogP) is 4.68. The van der Waals surface area contributed by atoms with Gasteiger partial charge in [0.15, 0.2) is 11.7 Å². The lowest BCUT2D eigenvalue weighted by molar-refractivity contribution is -0.149. The van der Waals surface area contributed by atoms with Crippen LogP contribution in [0.4, 0.5) is 0 Å². The lowest BCUT2D eigenvalue weighted by Crippen LogP contribution is -2.25. The predicted molar refractivity (Wildman–Crippen MR) is 103 cm³/mol. The van der Waals surface area contributed by atoms with E-state index in [1.807, 2.05) is 43.3 Å². The van der Waals surface area contributed by atoms with Crippen molar-refractivity contribution in [2.75, 3.05) is 0 Å². The fourth-order valence-corrected chi connectivity index (χ4v) is 3.64. The third-order valence-electron chi connectivity index (χ3n) is 5.02. The smallest absolute Gasteiger partial charge is 0.306 e. The van der Waals surface area contributed by atoms with Crippen molar-refractivity contribution in [2.24, 2.45) is 0 Å². The van der Waals surface area contributed by atoms with E-state index in [4.69, 9.17) is 9.15 Å². The molecule has 1 atom stereocenters. The molecule has 0 saturated heterocycles. The number of ether oxygens (including phenoxy) is 1. The van der Waals surface area contributed by atoms with Gasteiger partial charge in [-0.3, -0.25) is 4.79 Å². The number of oxazole rings is 1. The molecule has 0 fully saturated rings. The molecule has 1 heterocycles. The second-order valence-electron chi connectivity index (χ2n) is 7.01. The fourth-order valence-electron chi connectivity index (χ4n) is 3.64. The summed E-state index contributed by atoms with van der Waals surface area (Å²) in [7, 11) is 0. The number of hydrogen-bond donors (Lipinski definition) is 0. The van der Waals surface area contributed by atoms with Crippen molar-refractivity contribution in [3.63, 3.8) is 0 Å². The maximum absolute atomic E-state index is 12.3. The number of aryl methyl sites for hydroxylation is 3. The Labute approximate surface area is 159 Å². The van der Waals surface area contributed by atoms with Crippen molar-refractivity contribution in [3.8, 4) is 11.3 Å². The first kappa shape index (κ1) is 17.5. The Hall–Kier alpha value is -2.88. The first-order valence-corrected chi connectivity index (χ1v) is 9.47. The Bertz CT molecular complexity index is 930. The maximum atomic E-state index is 12.3. The van der Waals surface area contributed by atoms with Crippen LogP contribution in [0.3, 0.4) is 0 Å². The molecule has 3 aromatic rings. The average molecular weight is 361 g/mol. The van der Waals surface area contributed by atoms with Crippen LogP contribution < -0.4 is 0 Å². The Balaban J connectivity index is 1.33. The number of carbonyl (C=O) groups is 1. The summed E-state index contributed by atoms with van der Waals surface area (Å²) >= 11 is 0. The highest BCUT2D eigenvalue weighted by Gasteiger charge is 2.22. The summed E-state index contributed by atoms with van der Waals surface area (Å²) in [5.74, 6) is 1.16. The Kier molecular flexibility index (Phi) is 5.05. The van der Waals surface area contributed by atoms with Crippen molar-refractivity contribution in [1.82, 2.24) is 4.98 Å². The zero-order valence-corrected chi connectivity index (χ0v) is 15.5. The van der Waals surface area contributed by atoms with Crippen molar-refractivity contribution >= 4 is 5.97 Å². The van der Waals surface area contributed by atoms with Crippen LogP contribution in [0.2, 0.25) is 0 Å². The minimum Gasteiger partial charge on any atom is -0.462 e. The molecule has 0 aliphatic heterocycles. The standard InChI is InChI=1S/C23H23NO3/c1-16-23(18-8-3-2-4-9-18)27-21(24-16)13-14-22(25)26-20-12-11-17-7-5-6-10-19(17)15-20/h2-10,20H,11-15H2,1H3. The molecular weight excluding hydrogens is 338 g/mol. The van der Waals surface area contributed by atoms with E-state index in [0.717, 1.165) is 36.3 Å². The van der Waals surface area contributed by atoms with Gasteiger partial charge in [0.25, 0.3) is 0 Å². The summed E-state index contributed by atoms with van der Waals surface area (Å²) in [5.41, 5.74) is 4.50. The number of benzene rings is 2. The van der Waals surface area contributed by atoms with Crippen LogP contribution in [0.25, 0.3) is 11.3 Å². The van der Waals surface area contributed by atoms with Gasteiger partial charge >= 0.3 is 5.97 Å². The van der Waals surface area contributed by atoms with Crippen LogP contribution in [-0.4, -0.2) is 17.1 Å². The average Bonchev–Trinajstić information content (AvgIpc) is 3.08. The lowest BCUT2D eigenvalue weighted by atomic mass is 9.90. The van der Waals surface area contributed by atoms with Gasteiger partial charge in [0.1, 0.15) is 6.10 Å². The molecule has 1 aliphatic carbocycles. The SMILES string of the molecule is Cc1nc(CCC(=O)OC2CCc3ccccc3C2)oc1-c1ccccc1. The number of fused-ring (bicyclic) bond motifs is 1. The van der Waals surface area contributed by atoms with Gasteiger partial charge in [-0.15, -0.1) is 0 Å². The van der Waals surface area contributed by atoms with Gasteiger partial charge in [0.2, 0.25) is 0 Å². The first-order chi connectivity index (χ1) is 13.2. The number of hydrogen-bond acceptors (Lipinski definition) is 4. The van der Waals surface area contributed by atoms with Crippen molar-refractivity contribution in [1.29, 1.82) is 0 Å². The van der Waals surface area contributed by atoms with Gasteiger partial charge in [-0.2, -0.15) is 0 Å². The first-order valence-electron chi connectivity index (χ1n) is 9.47. The van der Waals surface area contributed by atoms with E-state index < -0.39 is 0 Å². The van der Waals surface area contributed by atoms with Crippen LogP contribution >= 0.6 is 0 Å². The molecule has 0 amide bonds. The van der Waals surface area contributed by atoms with Gasteiger partial charge < -0.3 is 9.15 Å². The van der Waals surface area contributed by atoms with Crippen molar-refractivity contribution in [3.05, 3.63) is 77.3 Å². The second kappa shape index (κ2) is 7.78. The molecule has 0 N–H and O–H groups in total. The monoisotopic (exact) mass is 361 g/mol. The number of nitrogens with zero attached hydrogens (tertiary/aromatic N) is 1. The quantitative estimate of drug-likeness (QED) is 0.619. The van der Waals surface area contributed by atoms with E-state index in [0.29, 0.717) is 12.3 Å². The highest BCUT2D eigenvalue weighted by atomic mass is 16.5. The highest BCUT2D eigenvalue weighted by molar-refractivity contribution is 5.70. The van der Waals surface area contributed by atoms with E-state index in [2.05, 4.69) is 23.2 Å². The fraction of sp³-hybridized carbons (Fsp3) is 0.304. The molecule has 4 rings (SSSR count). The Morgan fingerprint density at radius 1 is 1.11 bits per heavy atom. The molecule has 1 unspecified atom stereocenters. The van der Waals surface area contributed by atoms with Crippen molar-refractivity contribution in [2.45, 2.75) is 45.1 Å². The lowest BCUT2D eigenvalue weighted by Gasteiger charge is -2.24. The summed E-state index contributed by atoms with van der Waals surface area (Å²) in [6.45, 7) is 1.92. The van der Waals surface area contributed by atoms with Crippen LogP contribution in [-0.2, 0) is 28.8 Å². The summed E-state index contributed by atoms with van der Waals surface area (Å²) in [5, 5.41) is 0. The van der Waals surface area contributed by atoms with Crippen LogP contribution in [0.15, 0.2) is 59.0 Å².